The Morgan fingerprint density at radius 3 is 2.86 bits per heavy atom. The smallest absolute Gasteiger partial charge is 0.200 e. The van der Waals surface area contributed by atoms with E-state index in [4.69, 9.17) is 4.74 Å². The van der Waals surface area contributed by atoms with Gasteiger partial charge in [0.15, 0.2) is 11.6 Å². The zero-order chi connectivity index (χ0) is 14.8. The highest BCUT2D eigenvalue weighted by Gasteiger charge is 2.21. The first-order valence-electron chi connectivity index (χ1n) is 7.00. The van der Waals surface area contributed by atoms with Gasteiger partial charge < -0.3 is 4.74 Å². The van der Waals surface area contributed by atoms with E-state index in [1.165, 1.54) is 17.2 Å². The zero-order valence-electron chi connectivity index (χ0n) is 11.4. The van der Waals surface area contributed by atoms with Crippen molar-refractivity contribution >= 4 is 15.9 Å². The Balaban J connectivity index is 1.78. The summed E-state index contributed by atoms with van der Waals surface area (Å²) >= 11 is 3.15. The first-order chi connectivity index (χ1) is 10.1. The van der Waals surface area contributed by atoms with Crippen molar-refractivity contribution in [3.8, 4) is 5.75 Å². The lowest BCUT2D eigenvalue weighted by Gasteiger charge is -2.25. The Kier molecular flexibility index (Phi) is 4.24. The Morgan fingerprint density at radius 1 is 1.19 bits per heavy atom. The van der Waals surface area contributed by atoms with Gasteiger partial charge in [-0.15, -0.1) is 0 Å². The molecule has 21 heavy (non-hydrogen) atoms. The van der Waals surface area contributed by atoms with E-state index < -0.39 is 11.6 Å². The van der Waals surface area contributed by atoms with Crippen molar-refractivity contribution in [2.75, 3.05) is 6.61 Å². The van der Waals surface area contributed by atoms with Crippen molar-refractivity contribution in [3.63, 3.8) is 0 Å². The summed E-state index contributed by atoms with van der Waals surface area (Å²) in [7, 11) is 0. The number of fused-ring (bicyclic) bond motifs is 1. The van der Waals surface area contributed by atoms with Gasteiger partial charge in [-0.25, -0.2) is 4.39 Å². The fraction of sp³-hybridized carbons (Fsp3) is 0.294. The van der Waals surface area contributed by atoms with Crippen molar-refractivity contribution in [2.45, 2.75) is 25.2 Å². The summed E-state index contributed by atoms with van der Waals surface area (Å²) in [4.78, 5) is 0. The molecule has 0 radical (unpaired) electrons. The topological polar surface area (TPSA) is 9.23 Å². The maximum atomic E-state index is 13.7. The van der Waals surface area contributed by atoms with Crippen LogP contribution in [0.4, 0.5) is 8.78 Å². The largest absolute Gasteiger partial charge is 0.490 e. The Hall–Kier alpha value is -1.42. The summed E-state index contributed by atoms with van der Waals surface area (Å²) in [5.41, 5.74) is 2.60. The summed E-state index contributed by atoms with van der Waals surface area (Å²) in [6, 6.07) is 10.8. The van der Waals surface area contributed by atoms with E-state index in [9.17, 15) is 8.78 Å². The molecule has 0 heterocycles. The fourth-order valence-electron chi connectivity index (χ4n) is 2.86. The van der Waals surface area contributed by atoms with Crippen molar-refractivity contribution in [2.24, 2.45) is 0 Å². The van der Waals surface area contributed by atoms with Crippen LogP contribution in [0.3, 0.4) is 0 Å². The number of rotatable bonds is 3. The van der Waals surface area contributed by atoms with Crippen LogP contribution in [0.15, 0.2) is 40.9 Å². The third kappa shape index (κ3) is 3.10. The molecule has 2 aromatic rings. The summed E-state index contributed by atoms with van der Waals surface area (Å²) in [5.74, 6) is -1.63. The molecule has 0 amide bonds. The van der Waals surface area contributed by atoms with Crippen LogP contribution in [0.2, 0.25) is 0 Å². The number of benzene rings is 2. The van der Waals surface area contributed by atoms with Crippen LogP contribution in [0, 0.1) is 11.6 Å². The molecule has 0 saturated heterocycles. The van der Waals surface area contributed by atoms with E-state index in [1.54, 1.807) is 0 Å². The molecule has 0 saturated carbocycles. The van der Waals surface area contributed by atoms with Gasteiger partial charge in [0.1, 0.15) is 0 Å². The van der Waals surface area contributed by atoms with Gasteiger partial charge in [0.05, 0.1) is 6.61 Å². The van der Waals surface area contributed by atoms with Crippen molar-refractivity contribution in [1.82, 2.24) is 0 Å². The lowest BCUT2D eigenvalue weighted by atomic mass is 9.83. The predicted octanol–water partition coefficient (Wildman–Crippen LogP) is 5.23. The molecule has 1 aliphatic carbocycles. The molecule has 0 fully saturated rings. The zero-order valence-corrected chi connectivity index (χ0v) is 13.0. The molecule has 1 unspecified atom stereocenters. The van der Waals surface area contributed by atoms with Crippen LogP contribution in [0.25, 0.3) is 0 Å². The lowest BCUT2D eigenvalue weighted by Crippen LogP contribution is -2.17. The van der Waals surface area contributed by atoms with Gasteiger partial charge in [0, 0.05) is 10.4 Å². The molecule has 2 aromatic carbocycles. The van der Waals surface area contributed by atoms with E-state index in [1.807, 2.05) is 12.1 Å². The minimum atomic E-state index is -0.928. The summed E-state index contributed by atoms with van der Waals surface area (Å²) in [6.07, 6.45) is 3.18. The Labute approximate surface area is 131 Å². The van der Waals surface area contributed by atoms with E-state index in [-0.39, 0.29) is 11.7 Å². The van der Waals surface area contributed by atoms with E-state index in [2.05, 4.69) is 28.1 Å². The second kappa shape index (κ2) is 6.14. The minimum Gasteiger partial charge on any atom is -0.490 e. The number of ether oxygens (including phenoxy) is 1. The van der Waals surface area contributed by atoms with Gasteiger partial charge >= 0.3 is 0 Å². The third-order valence-corrected chi connectivity index (χ3v) is 4.35. The Morgan fingerprint density at radius 2 is 2.00 bits per heavy atom. The second-order valence-electron chi connectivity index (χ2n) is 5.30. The SMILES string of the molecule is Fc1cc(Br)cc(OCC2CCCc3ccccc32)c1F. The van der Waals surface area contributed by atoms with Crippen LogP contribution < -0.4 is 4.74 Å². The standard InChI is InChI=1S/C17H15BrF2O/c18-13-8-15(19)17(20)16(9-13)21-10-12-6-3-5-11-4-1-2-7-14(11)12/h1-2,4,7-9,12H,3,5-6,10H2. The minimum absolute atomic E-state index is 0.0371. The van der Waals surface area contributed by atoms with Crippen molar-refractivity contribution in [3.05, 3.63) is 63.6 Å². The maximum absolute atomic E-state index is 13.7. The van der Waals surface area contributed by atoms with Gasteiger partial charge in [-0.1, -0.05) is 40.2 Å². The molecule has 0 aliphatic heterocycles. The lowest BCUT2D eigenvalue weighted by molar-refractivity contribution is 0.259. The molecular weight excluding hydrogens is 338 g/mol. The number of hydrogen-bond acceptors (Lipinski definition) is 1. The quantitative estimate of drug-likeness (QED) is 0.687. The van der Waals surface area contributed by atoms with Gasteiger partial charge in [-0.2, -0.15) is 4.39 Å². The van der Waals surface area contributed by atoms with Gasteiger partial charge in [0.2, 0.25) is 5.82 Å². The highest BCUT2D eigenvalue weighted by molar-refractivity contribution is 9.10. The first kappa shape index (κ1) is 14.5. The van der Waals surface area contributed by atoms with Crippen LogP contribution in [0.1, 0.15) is 29.9 Å². The van der Waals surface area contributed by atoms with E-state index in [0.717, 1.165) is 25.3 Å². The highest BCUT2D eigenvalue weighted by atomic mass is 79.9. The molecule has 0 N–H and O–H groups in total. The van der Waals surface area contributed by atoms with Crippen LogP contribution in [-0.4, -0.2) is 6.61 Å². The Bertz CT molecular complexity index is 657. The average molecular weight is 353 g/mol. The van der Waals surface area contributed by atoms with E-state index in [0.29, 0.717) is 11.1 Å². The van der Waals surface area contributed by atoms with Crippen LogP contribution in [-0.2, 0) is 6.42 Å². The van der Waals surface area contributed by atoms with Crippen LogP contribution in [0.5, 0.6) is 5.75 Å². The first-order valence-corrected chi connectivity index (χ1v) is 7.79. The highest BCUT2D eigenvalue weighted by Crippen LogP contribution is 2.33. The summed E-state index contributed by atoms with van der Waals surface area (Å²) in [6.45, 7) is 0.365. The molecule has 0 bridgehead atoms. The molecule has 1 atom stereocenters. The molecule has 0 spiro atoms. The number of hydrogen-bond donors (Lipinski definition) is 0. The fourth-order valence-corrected chi connectivity index (χ4v) is 3.26. The molecular formula is C17H15BrF2O. The molecule has 1 aliphatic rings. The molecule has 0 aromatic heterocycles. The van der Waals surface area contributed by atoms with Crippen molar-refractivity contribution < 1.29 is 13.5 Å². The molecule has 1 nitrogen and oxygen atoms in total. The van der Waals surface area contributed by atoms with Gasteiger partial charge in [-0.3, -0.25) is 0 Å². The summed E-state index contributed by atoms with van der Waals surface area (Å²) < 4.78 is 33.1. The monoisotopic (exact) mass is 352 g/mol. The second-order valence-corrected chi connectivity index (χ2v) is 6.21. The molecule has 3 rings (SSSR count). The number of aryl methyl sites for hydroxylation is 1. The maximum Gasteiger partial charge on any atom is 0.200 e. The summed E-state index contributed by atoms with van der Waals surface area (Å²) in [5, 5.41) is 0. The van der Waals surface area contributed by atoms with Crippen molar-refractivity contribution in [1.29, 1.82) is 0 Å². The van der Waals surface area contributed by atoms with Gasteiger partial charge in [0.25, 0.3) is 0 Å². The van der Waals surface area contributed by atoms with Crippen LogP contribution >= 0.6 is 15.9 Å². The third-order valence-electron chi connectivity index (χ3n) is 3.89. The molecule has 110 valence electrons. The molecule has 4 heteroatoms. The normalized spacial score (nSPS) is 17.4. The van der Waals surface area contributed by atoms with Gasteiger partial charge in [-0.05, 0) is 42.5 Å². The number of halogens is 3. The van der Waals surface area contributed by atoms with E-state index >= 15 is 0 Å². The predicted molar refractivity (Wildman–Crippen MR) is 81.7 cm³/mol. The average Bonchev–Trinajstić information content (AvgIpc) is 2.49.